The number of ether oxygens (including phenoxy) is 1. The van der Waals surface area contributed by atoms with Crippen molar-refractivity contribution >= 4 is 11.9 Å². The number of carboxylic acids is 1. The van der Waals surface area contributed by atoms with Crippen molar-refractivity contribution in [1.29, 1.82) is 0 Å². The number of carbonyl (C=O) groups excluding carboxylic acids is 1. The molecule has 0 aliphatic rings. The summed E-state index contributed by atoms with van der Waals surface area (Å²) in [5.74, 6) is 0.0878. The van der Waals surface area contributed by atoms with E-state index in [1.165, 1.54) is 0 Å². The zero-order chi connectivity index (χ0) is 18.9. The molecule has 0 fully saturated rings. The van der Waals surface area contributed by atoms with Gasteiger partial charge in [0.2, 0.25) is 11.7 Å². The number of benzene rings is 1. The van der Waals surface area contributed by atoms with Gasteiger partial charge in [-0.2, -0.15) is 4.98 Å². The summed E-state index contributed by atoms with van der Waals surface area (Å²) in [6.45, 7) is 4.04. The maximum absolute atomic E-state index is 12.2. The van der Waals surface area contributed by atoms with Crippen LogP contribution in [0, 0.1) is 0 Å². The lowest BCUT2D eigenvalue weighted by Gasteiger charge is -2.14. The second-order valence-electron chi connectivity index (χ2n) is 5.78. The number of amides is 1. The fourth-order valence-corrected chi connectivity index (χ4v) is 2.25. The lowest BCUT2D eigenvalue weighted by atomic mass is 10.1. The van der Waals surface area contributed by atoms with Crippen LogP contribution in [-0.2, 0) is 17.8 Å². The molecular formula is C18H23N3O5. The maximum atomic E-state index is 12.2. The minimum atomic E-state index is -1.03. The van der Waals surface area contributed by atoms with Gasteiger partial charge in [-0.3, -0.25) is 4.79 Å². The van der Waals surface area contributed by atoms with E-state index in [1.54, 1.807) is 24.3 Å². The predicted octanol–water partition coefficient (Wildman–Crippen LogP) is 2.58. The average molecular weight is 361 g/mol. The van der Waals surface area contributed by atoms with Gasteiger partial charge in [-0.05, 0) is 30.7 Å². The zero-order valence-electron chi connectivity index (χ0n) is 14.9. The van der Waals surface area contributed by atoms with Gasteiger partial charge in [0.15, 0.2) is 6.61 Å². The third-order valence-electron chi connectivity index (χ3n) is 3.75. The van der Waals surface area contributed by atoms with E-state index in [9.17, 15) is 14.7 Å². The van der Waals surface area contributed by atoms with Crippen LogP contribution in [0.3, 0.4) is 0 Å². The fraction of sp³-hybridized carbons (Fsp3) is 0.444. The quantitative estimate of drug-likeness (QED) is 0.668. The summed E-state index contributed by atoms with van der Waals surface area (Å²) in [6, 6.07) is 5.55. The van der Waals surface area contributed by atoms with Crippen LogP contribution in [0.4, 0.5) is 0 Å². The molecule has 8 nitrogen and oxygen atoms in total. The van der Waals surface area contributed by atoms with E-state index in [2.05, 4.69) is 15.5 Å². The summed E-state index contributed by atoms with van der Waals surface area (Å²) >= 11 is 0. The molecule has 8 heteroatoms. The summed E-state index contributed by atoms with van der Waals surface area (Å²) in [7, 11) is 0. The molecule has 2 N–H and O–H groups in total. The highest BCUT2D eigenvalue weighted by Crippen LogP contribution is 2.14. The summed E-state index contributed by atoms with van der Waals surface area (Å²) in [5, 5.41) is 15.5. The molecule has 0 saturated heterocycles. The Bertz CT molecular complexity index is 727. The monoisotopic (exact) mass is 361 g/mol. The summed E-state index contributed by atoms with van der Waals surface area (Å²) in [5.41, 5.74) is 0.368. The SMILES string of the molecule is CCCCC(NC(=O)c1ccc(OCc2noc(CC)n2)cc1)C(=O)O. The Morgan fingerprint density at radius 3 is 2.58 bits per heavy atom. The maximum Gasteiger partial charge on any atom is 0.326 e. The number of aliphatic carboxylic acids is 1. The van der Waals surface area contributed by atoms with Gasteiger partial charge in [0.1, 0.15) is 11.8 Å². The fourth-order valence-electron chi connectivity index (χ4n) is 2.25. The molecule has 0 bridgehead atoms. The second-order valence-corrected chi connectivity index (χ2v) is 5.78. The minimum absolute atomic E-state index is 0.160. The standard InChI is InChI=1S/C18H23N3O5/c1-3-5-6-14(18(23)24)19-17(22)12-7-9-13(10-8-12)25-11-15-20-16(4-2)26-21-15/h7-10,14H,3-6,11H2,1-2H3,(H,19,22)(H,23,24). The number of rotatable bonds is 10. The van der Waals surface area contributed by atoms with E-state index >= 15 is 0 Å². The van der Waals surface area contributed by atoms with Gasteiger partial charge in [0, 0.05) is 12.0 Å². The van der Waals surface area contributed by atoms with Crippen LogP contribution < -0.4 is 10.1 Å². The van der Waals surface area contributed by atoms with Gasteiger partial charge in [-0.15, -0.1) is 0 Å². The van der Waals surface area contributed by atoms with Crippen LogP contribution in [-0.4, -0.2) is 33.2 Å². The van der Waals surface area contributed by atoms with Crippen LogP contribution >= 0.6 is 0 Å². The van der Waals surface area contributed by atoms with Crippen molar-refractivity contribution in [2.75, 3.05) is 0 Å². The molecule has 1 heterocycles. The number of aromatic nitrogens is 2. The van der Waals surface area contributed by atoms with Gasteiger partial charge in [0.25, 0.3) is 5.91 Å². The first-order valence-corrected chi connectivity index (χ1v) is 8.61. The molecular weight excluding hydrogens is 338 g/mol. The van der Waals surface area contributed by atoms with E-state index in [0.717, 1.165) is 12.8 Å². The minimum Gasteiger partial charge on any atom is -0.485 e. The number of nitrogens with one attached hydrogen (secondary N) is 1. The largest absolute Gasteiger partial charge is 0.485 e. The summed E-state index contributed by atoms with van der Waals surface area (Å²) in [6.07, 6.45) is 2.67. The predicted molar refractivity (Wildman–Crippen MR) is 92.9 cm³/mol. The molecule has 0 aliphatic carbocycles. The topological polar surface area (TPSA) is 115 Å². The van der Waals surface area contributed by atoms with Crippen LogP contribution in [0.15, 0.2) is 28.8 Å². The van der Waals surface area contributed by atoms with Crippen molar-refractivity contribution in [2.45, 2.75) is 52.2 Å². The number of unbranched alkanes of at least 4 members (excludes halogenated alkanes) is 1. The van der Waals surface area contributed by atoms with E-state index in [4.69, 9.17) is 9.26 Å². The first-order chi connectivity index (χ1) is 12.5. The van der Waals surface area contributed by atoms with E-state index in [-0.39, 0.29) is 6.61 Å². The van der Waals surface area contributed by atoms with Crippen molar-refractivity contribution in [3.63, 3.8) is 0 Å². The molecule has 1 unspecified atom stereocenters. The Balaban J connectivity index is 1.90. The lowest BCUT2D eigenvalue weighted by Crippen LogP contribution is -2.40. The number of carboxylic acid groups (broad SMARTS) is 1. The van der Waals surface area contributed by atoms with Crippen molar-refractivity contribution < 1.29 is 24.0 Å². The second kappa shape index (κ2) is 9.55. The van der Waals surface area contributed by atoms with Crippen LogP contribution in [0.5, 0.6) is 5.75 Å². The molecule has 2 rings (SSSR count). The number of hydrogen-bond acceptors (Lipinski definition) is 6. The number of aryl methyl sites for hydroxylation is 1. The molecule has 26 heavy (non-hydrogen) atoms. The molecule has 0 saturated carbocycles. The van der Waals surface area contributed by atoms with E-state index in [0.29, 0.717) is 35.9 Å². The van der Waals surface area contributed by atoms with Crippen molar-refractivity contribution in [3.05, 3.63) is 41.5 Å². The van der Waals surface area contributed by atoms with Gasteiger partial charge in [-0.1, -0.05) is 31.8 Å². The highest BCUT2D eigenvalue weighted by Gasteiger charge is 2.20. The molecule has 0 aliphatic heterocycles. The number of hydrogen-bond donors (Lipinski definition) is 2. The Labute approximate surface area is 151 Å². The Kier molecular flexibility index (Phi) is 7.13. The summed E-state index contributed by atoms with van der Waals surface area (Å²) in [4.78, 5) is 27.6. The van der Waals surface area contributed by atoms with Gasteiger partial charge < -0.3 is 19.7 Å². The third kappa shape index (κ3) is 5.58. The molecule has 2 aromatic rings. The average Bonchev–Trinajstić information content (AvgIpc) is 3.11. The lowest BCUT2D eigenvalue weighted by molar-refractivity contribution is -0.139. The first kappa shape index (κ1) is 19.4. The molecule has 0 radical (unpaired) electrons. The van der Waals surface area contributed by atoms with Gasteiger partial charge in [-0.25, -0.2) is 4.79 Å². The Morgan fingerprint density at radius 1 is 1.27 bits per heavy atom. The van der Waals surface area contributed by atoms with Crippen molar-refractivity contribution in [3.8, 4) is 5.75 Å². The molecule has 1 aromatic heterocycles. The van der Waals surface area contributed by atoms with Gasteiger partial charge >= 0.3 is 5.97 Å². The van der Waals surface area contributed by atoms with Gasteiger partial charge in [0.05, 0.1) is 0 Å². The summed E-state index contributed by atoms with van der Waals surface area (Å²) < 4.78 is 10.5. The smallest absolute Gasteiger partial charge is 0.326 e. The zero-order valence-corrected chi connectivity index (χ0v) is 14.9. The van der Waals surface area contributed by atoms with E-state index in [1.807, 2.05) is 13.8 Å². The molecule has 0 spiro atoms. The first-order valence-electron chi connectivity index (χ1n) is 8.61. The molecule has 1 atom stereocenters. The number of nitrogens with zero attached hydrogens (tertiary/aromatic N) is 2. The van der Waals surface area contributed by atoms with Crippen LogP contribution in [0.25, 0.3) is 0 Å². The molecule has 1 amide bonds. The van der Waals surface area contributed by atoms with E-state index < -0.39 is 17.9 Å². The highest BCUT2D eigenvalue weighted by atomic mass is 16.5. The Morgan fingerprint density at radius 2 is 2.00 bits per heavy atom. The molecule has 1 aromatic carbocycles. The van der Waals surface area contributed by atoms with Crippen molar-refractivity contribution in [2.24, 2.45) is 0 Å². The van der Waals surface area contributed by atoms with Crippen molar-refractivity contribution in [1.82, 2.24) is 15.5 Å². The third-order valence-corrected chi connectivity index (χ3v) is 3.75. The molecule has 140 valence electrons. The van der Waals surface area contributed by atoms with Crippen LogP contribution in [0.2, 0.25) is 0 Å². The van der Waals surface area contributed by atoms with Crippen LogP contribution in [0.1, 0.15) is 55.2 Å². The Hall–Kier alpha value is -2.90. The number of carbonyl (C=O) groups is 2. The highest BCUT2D eigenvalue weighted by molar-refractivity contribution is 5.96. The normalized spacial score (nSPS) is 11.8.